The summed E-state index contributed by atoms with van der Waals surface area (Å²) in [5.41, 5.74) is 3.78. The molecule has 148 valence electrons. The van der Waals surface area contributed by atoms with Gasteiger partial charge in [0.2, 0.25) is 0 Å². The molecule has 0 aromatic heterocycles. The van der Waals surface area contributed by atoms with Gasteiger partial charge in [0.25, 0.3) is 0 Å². The summed E-state index contributed by atoms with van der Waals surface area (Å²) in [6, 6.07) is 9.63. The first-order valence-corrected chi connectivity index (χ1v) is 10.0. The van der Waals surface area contributed by atoms with E-state index in [4.69, 9.17) is 0 Å². The summed E-state index contributed by atoms with van der Waals surface area (Å²) < 4.78 is 56.6. The summed E-state index contributed by atoms with van der Waals surface area (Å²) in [6.45, 7) is 1.98. The van der Waals surface area contributed by atoms with Gasteiger partial charge in [0.1, 0.15) is 24.0 Å². The molecule has 0 saturated heterocycles. The first-order chi connectivity index (χ1) is 13.5. The lowest BCUT2D eigenvalue weighted by molar-refractivity contribution is 0.0851. The number of halogens is 4. The van der Waals surface area contributed by atoms with Crippen molar-refractivity contribution in [3.05, 3.63) is 76.4 Å². The molecule has 28 heavy (non-hydrogen) atoms. The van der Waals surface area contributed by atoms with Crippen LogP contribution in [0.25, 0.3) is 5.57 Å². The average molecular weight is 388 g/mol. The molecule has 0 heterocycles. The average Bonchev–Trinajstić information content (AvgIpc) is 2.67. The van der Waals surface area contributed by atoms with Crippen LogP contribution in [0, 0.1) is 17.6 Å². The van der Waals surface area contributed by atoms with Crippen molar-refractivity contribution in [2.45, 2.75) is 57.3 Å². The maximum atomic E-state index is 14.6. The predicted molar refractivity (Wildman–Crippen MR) is 104 cm³/mol. The van der Waals surface area contributed by atoms with Gasteiger partial charge in [-0.2, -0.15) is 0 Å². The van der Waals surface area contributed by atoms with Crippen LogP contribution in [0.15, 0.2) is 42.5 Å². The van der Waals surface area contributed by atoms with E-state index in [0.717, 1.165) is 23.6 Å². The lowest BCUT2D eigenvalue weighted by Gasteiger charge is -2.34. The quantitative estimate of drug-likeness (QED) is 0.512. The molecule has 1 fully saturated rings. The van der Waals surface area contributed by atoms with Gasteiger partial charge in [-0.3, -0.25) is 0 Å². The zero-order valence-corrected chi connectivity index (χ0v) is 15.9. The minimum absolute atomic E-state index is 0.119. The Balaban J connectivity index is 1.54. The second kappa shape index (κ2) is 7.73. The van der Waals surface area contributed by atoms with E-state index in [9.17, 15) is 17.6 Å². The molecule has 1 saturated carbocycles. The smallest absolute Gasteiger partial charge is 0.129 e. The van der Waals surface area contributed by atoms with E-state index in [1.165, 1.54) is 6.07 Å². The van der Waals surface area contributed by atoms with Gasteiger partial charge in [-0.05, 0) is 65.5 Å². The topological polar surface area (TPSA) is 0 Å². The second-order valence-electron chi connectivity index (χ2n) is 8.06. The first kappa shape index (κ1) is 19.2. The highest BCUT2D eigenvalue weighted by Crippen LogP contribution is 2.41. The van der Waals surface area contributed by atoms with Crippen LogP contribution >= 0.6 is 0 Å². The maximum absolute atomic E-state index is 14.6. The molecule has 2 aliphatic rings. The lowest BCUT2D eigenvalue weighted by atomic mass is 9.75. The van der Waals surface area contributed by atoms with E-state index in [-0.39, 0.29) is 5.92 Å². The van der Waals surface area contributed by atoms with E-state index in [0.29, 0.717) is 42.4 Å². The van der Waals surface area contributed by atoms with Gasteiger partial charge in [-0.25, -0.2) is 17.6 Å². The van der Waals surface area contributed by atoms with Crippen molar-refractivity contribution in [3.63, 3.8) is 0 Å². The number of rotatable bonds is 3. The van der Waals surface area contributed by atoms with Crippen LogP contribution in [0.5, 0.6) is 0 Å². The number of allylic oxidation sites excluding steroid dienone is 2. The Morgan fingerprint density at radius 3 is 2.29 bits per heavy atom. The van der Waals surface area contributed by atoms with Crippen LogP contribution in [-0.4, -0.2) is 12.3 Å². The highest BCUT2D eigenvalue weighted by atomic mass is 19.2. The minimum atomic E-state index is -1.16. The molecule has 2 aliphatic carbocycles. The van der Waals surface area contributed by atoms with Gasteiger partial charge < -0.3 is 0 Å². The van der Waals surface area contributed by atoms with Crippen LogP contribution < -0.4 is 0 Å². The van der Waals surface area contributed by atoms with Crippen LogP contribution in [0.3, 0.4) is 0 Å². The number of hydrogen-bond acceptors (Lipinski definition) is 0. The van der Waals surface area contributed by atoms with Gasteiger partial charge in [0, 0.05) is 12.0 Å². The molecule has 2 aromatic carbocycles. The van der Waals surface area contributed by atoms with E-state index >= 15 is 0 Å². The number of benzene rings is 2. The maximum Gasteiger partial charge on any atom is 0.129 e. The number of alkyl halides is 2. The predicted octanol–water partition coefficient (Wildman–Crippen LogP) is 6.73. The molecule has 0 radical (unpaired) electrons. The third-order valence-corrected chi connectivity index (χ3v) is 6.33. The van der Waals surface area contributed by atoms with E-state index in [1.807, 2.05) is 25.1 Å². The Morgan fingerprint density at radius 1 is 0.964 bits per heavy atom. The third kappa shape index (κ3) is 3.61. The third-order valence-electron chi connectivity index (χ3n) is 6.33. The molecule has 4 heteroatoms. The molecule has 4 rings (SSSR count). The van der Waals surface area contributed by atoms with Gasteiger partial charge in [0.15, 0.2) is 0 Å². The Kier molecular flexibility index (Phi) is 5.31. The van der Waals surface area contributed by atoms with Crippen LogP contribution in [-0.2, 0) is 12.8 Å². The molecule has 0 aliphatic heterocycles. The van der Waals surface area contributed by atoms with Crippen LogP contribution in [0.1, 0.15) is 54.4 Å². The van der Waals surface area contributed by atoms with E-state index < -0.39 is 29.9 Å². The fraction of sp³-hybridized carbons (Fsp3) is 0.417. The summed E-state index contributed by atoms with van der Waals surface area (Å²) in [5, 5.41) is 0. The van der Waals surface area contributed by atoms with Gasteiger partial charge in [-0.1, -0.05) is 43.7 Å². The summed E-state index contributed by atoms with van der Waals surface area (Å²) in [5.74, 6) is -1.67. The summed E-state index contributed by atoms with van der Waals surface area (Å²) in [4.78, 5) is 0. The van der Waals surface area contributed by atoms with Gasteiger partial charge in [0.05, 0.1) is 0 Å². The number of hydrogen-bond donors (Lipinski definition) is 0. The van der Waals surface area contributed by atoms with Crippen molar-refractivity contribution in [3.8, 4) is 0 Å². The molecular formula is C24H24F4. The van der Waals surface area contributed by atoms with Crippen molar-refractivity contribution < 1.29 is 17.6 Å². The molecule has 0 amide bonds. The molecule has 2 aromatic rings. The highest BCUT2D eigenvalue weighted by Gasteiger charge is 2.38. The summed E-state index contributed by atoms with van der Waals surface area (Å²) in [6.07, 6.45) is 2.13. The molecular weight excluding hydrogens is 364 g/mol. The monoisotopic (exact) mass is 388 g/mol. The fourth-order valence-electron chi connectivity index (χ4n) is 4.69. The first-order valence-electron chi connectivity index (χ1n) is 10.0. The fourth-order valence-corrected chi connectivity index (χ4v) is 4.69. The van der Waals surface area contributed by atoms with Crippen molar-refractivity contribution >= 4 is 5.57 Å². The Labute approximate surface area is 163 Å². The zero-order chi connectivity index (χ0) is 19.8. The van der Waals surface area contributed by atoms with Crippen LogP contribution in [0.2, 0.25) is 0 Å². The SMILES string of the molecule is CCC1CC(F)C(c2ccc(C3=CCc4c(F)cc(F)cc4C3)cc2)C(F)C1. The molecule has 0 spiro atoms. The Bertz CT molecular complexity index is 872. The highest BCUT2D eigenvalue weighted by molar-refractivity contribution is 5.70. The van der Waals surface area contributed by atoms with Crippen molar-refractivity contribution in [1.82, 2.24) is 0 Å². The minimum Gasteiger partial charge on any atom is -0.247 e. The molecule has 0 nitrogen and oxygen atoms in total. The van der Waals surface area contributed by atoms with Crippen molar-refractivity contribution in [2.75, 3.05) is 0 Å². The Morgan fingerprint density at radius 2 is 1.64 bits per heavy atom. The van der Waals surface area contributed by atoms with E-state index in [1.54, 1.807) is 12.1 Å². The van der Waals surface area contributed by atoms with Crippen LogP contribution in [0.4, 0.5) is 17.6 Å². The lowest BCUT2D eigenvalue weighted by Crippen LogP contribution is -2.33. The summed E-state index contributed by atoms with van der Waals surface area (Å²) in [7, 11) is 0. The van der Waals surface area contributed by atoms with E-state index in [2.05, 4.69) is 0 Å². The standard InChI is InChI=1S/C24H24F4/c1-2-14-9-22(27)24(23(28)10-14)16-5-3-15(4-6-16)17-7-8-20-18(11-17)12-19(25)13-21(20)26/h3-7,12-14,22-24H,2,8-11H2,1H3. The number of fused-ring (bicyclic) bond motifs is 1. The molecule has 2 atom stereocenters. The van der Waals surface area contributed by atoms with Gasteiger partial charge in [-0.15, -0.1) is 0 Å². The van der Waals surface area contributed by atoms with Gasteiger partial charge >= 0.3 is 0 Å². The second-order valence-corrected chi connectivity index (χ2v) is 8.06. The Hall–Kier alpha value is -2.10. The zero-order valence-electron chi connectivity index (χ0n) is 15.9. The van der Waals surface area contributed by atoms with Crippen molar-refractivity contribution in [1.29, 1.82) is 0 Å². The summed E-state index contributed by atoms with van der Waals surface area (Å²) >= 11 is 0. The normalized spacial score (nSPS) is 27.2. The molecule has 2 unspecified atom stereocenters. The largest absolute Gasteiger partial charge is 0.247 e. The van der Waals surface area contributed by atoms with Crippen molar-refractivity contribution in [2.24, 2.45) is 5.92 Å². The molecule has 0 bridgehead atoms. The molecule has 0 N–H and O–H groups in total.